The quantitative estimate of drug-likeness (QED) is 0.202. The molecule has 4 heteroatoms. The molecular formula is C14H24O4. The number of allylic oxidation sites excluding steroid dienone is 2. The van der Waals surface area contributed by atoms with Gasteiger partial charge in [-0.25, -0.2) is 0 Å². The molecule has 0 radical (unpaired) electrons. The van der Waals surface area contributed by atoms with Gasteiger partial charge >= 0.3 is 0 Å². The van der Waals surface area contributed by atoms with E-state index in [2.05, 4.69) is 13.0 Å². The van der Waals surface area contributed by atoms with Crippen molar-refractivity contribution in [3.05, 3.63) is 24.5 Å². The summed E-state index contributed by atoms with van der Waals surface area (Å²) < 4.78 is 10.5. The van der Waals surface area contributed by atoms with Crippen molar-refractivity contribution in [3.8, 4) is 0 Å². The molecule has 0 heterocycles. The smallest absolute Gasteiger partial charge is 0.145 e. The van der Waals surface area contributed by atoms with Gasteiger partial charge in [0.05, 0.1) is 19.0 Å². The van der Waals surface area contributed by atoms with Gasteiger partial charge in [0, 0.05) is 12.7 Å². The zero-order valence-electron chi connectivity index (χ0n) is 11.2. The van der Waals surface area contributed by atoms with Crippen molar-refractivity contribution in [2.24, 2.45) is 0 Å². The van der Waals surface area contributed by atoms with Crippen LogP contribution in [0.4, 0.5) is 0 Å². The fourth-order valence-corrected chi connectivity index (χ4v) is 1.31. The molecule has 0 aromatic rings. The van der Waals surface area contributed by atoms with Crippen LogP contribution in [-0.2, 0) is 14.3 Å². The first-order valence-electron chi connectivity index (χ1n) is 6.39. The van der Waals surface area contributed by atoms with Crippen molar-refractivity contribution in [1.82, 2.24) is 0 Å². The average molecular weight is 256 g/mol. The Balaban J connectivity index is 3.51. The van der Waals surface area contributed by atoms with Crippen LogP contribution in [0, 0.1) is 0 Å². The molecule has 4 nitrogen and oxygen atoms in total. The number of ether oxygens (including phenoxy) is 2. The number of aldehydes is 1. The van der Waals surface area contributed by atoms with Gasteiger partial charge in [-0.05, 0) is 26.2 Å². The molecule has 0 saturated carbocycles. The van der Waals surface area contributed by atoms with Crippen LogP contribution in [0.5, 0.6) is 0 Å². The van der Waals surface area contributed by atoms with E-state index in [0.29, 0.717) is 25.9 Å². The molecule has 0 bridgehead atoms. The Labute approximate surface area is 109 Å². The SMILES string of the molecule is CCC=CCOCCCC(O)C(C)OC=CC=O. The highest BCUT2D eigenvalue weighted by Gasteiger charge is 2.13. The van der Waals surface area contributed by atoms with E-state index >= 15 is 0 Å². The summed E-state index contributed by atoms with van der Waals surface area (Å²) in [7, 11) is 0. The summed E-state index contributed by atoms with van der Waals surface area (Å²) in [5.41, 5.74) is 0. The summed E-state index contributed by atoms with van der Waals surface area (Å²) in [5, 5.41) is 9.74. The summed E-state index contributed by atoms with van der Waals surface area (Å²) in [6, 6.07) is 0. The van der Waals surface area contributed by atoms with Crippen LogP contribution < -0.4 is 0 Å². The lowest BCUT2D eigenvalue weighted by Crippen LogP contribution is -2.24. The molecule has 0 aromatic carbocycles. The molecule has 0 rings (SSSR count). The summed E-state index contributed by atoms with van der Waals surface area (Å²) >= 11 is 0. The summed E-state index contributed by atoms with van der Waals surface area (Å²) in [4.78, 5) is 10.0. The van der Waals surface area contributed by atoms with Crippen molar-refractivity contribution < 1.29 is 19.4 Å². The van der Waals surface area contributed by atoms with Crippen LogP contribution in [-0.4, -0.2) is 36.8 Å². The van der Waals surface area contributed by atoms with E-state index in [9.17, 15) is 9.90 Å². The maximum Gasteiger partial charge on any atom is 0.145 e. The molecular weight excluding hydrogens is 232 g/mol. The minimum atomic E-state index is -0.545. The molecule has 2 atom stereocenters. The predicted molar refractivity (Wildman–Crippen MR) is 71.2 cm³/mol. The van der Waals surface area contributed by atoms with E-state index < -0.39 is 6.10 Å². The van der Waals surface area contributed by atoms with Gasteiger partial charge in [-0.1, -0.05) is 19.1 Å². The number of aliphatic hydroxyl groups excluding tert-OH is 1. The highest BCUT2D eigenvalue weighted by atomic mass is 16.5. The molecule has 18 heavy (non-hydrogen) atoms. The zero-order valence-corrected chi connectivity index (χ0v) is 11.2. The van der Waals surface area contributed by atoms with E-state index in [1.807, 2.05) is 6.08 Å². The van der Waals surface area contributed by atoms with Crippen molar-refractivity contribution in [1.29, 1.82) is 0 Å². The average Bonchev–Trinajstić information content (AvgIpc) is 2.37. The van der Waals surface area contributed by atoms with E-state index in [4.69, 9.17) is 9.47 Å². The zero-order chi connectivity index (χ0) is 13.6. The first-order valence-corrected chi connectivity index (χ1v) is 6.39. The van der Waals surface area contributed by atoms with E-state index in [1.165, 1.54) is 12.3 Å². The molecule has 104 valence electrons. The highest BCUT2D eigenvalue weighted by molar-refractivity contribution is 5.64. The second-order valence-corrected chi connectivity index (χ2v) is 3.97. The van der Waals surface area contributed by atoms with E-state index in [-0.39, 0.29) is 6.10 Å². The number of hydrogen-bond donors (Lipinski definition) is 1. The third-order valence-corrected chi connectivity index (χ3v) is 2.40. The summed E-state index contributed by atoms with van der Waals surface area (Å²) in [5.74, 6) is 0. The van der Waals surface area contributed by atoms with Gasteiger partial charge in [0.25, 0.3) is 0 Å². The summed E-state index contributed by atoms with van der Waals surface area (Å²) in [6.45, 7) is 5.10. The van der Waals surface area contributed by atoms with Crippen molar-refractivity contribution >= 4 is 6.29 Å². The molecule has 0 spiro atoms. The standard InChI is InChI=1S/C14H24O4/c1-3-4-5-10-17-11-6-8-14(16)13(2)18-12-7-9-15/h4-5,7,9,12-14,16H,3,6,8,10-11H2,1-2H3. The monoisotopic (exact) mass is 256 g/mol. The number of carbonyl (C=O) groups is 1. The lowest BCUT2D eigenvalue weighted by Gasteiger charge is -2.18. The van der Waals surface area contributed by atoms with Crippen LogP contribution >= 0.6 is 0 Å². The molecule has 0 aromatic heterocycles. The fraction of sp³-hybridized carbons (Fsp3) is 0.643. The molecule has 0 aliphatic carbocycles. The largest absolute Gasteiger partial charge is 0.496 e. The van der Waals surface area contributed by atoms with Crippen LogP contribution in [0.25, 0.3) is 0 Å². The van der Waals surface area contributed by atoms with Crippen LogP contribution in [0.15, 0.2) is 24.5 Å². The number of hydrogen-bond acceptors (Lipinski definition) is 4. The van der Waals surface area contributed by atoms with Crippen molar-refractivity contribution in [3.63, 3.8) is 0 Å². The highest BCUT2D eigenvalue weighted by Crippen LogP contribution is 2.06. The normalized spacial score (nSPS) is 15.1. The molecule has 1 N–H and O–H groups in total. The first kappa shape index (κ1) is 16.9. The third-order valence-electron chi connectivity index (χ3n) is 2.40. The van der Waals surface area contributed by atoms with Crippen molar-refractivity contribution in [2.45, 2.75) is 45.3 Å². The number of rotatable bonds is 11. The maximum atomic E-state index is 10.0. The van der Waals surface area contributed by atoms with E-state index in [1.54, 1.807) is 6.92 Å². The lowest BCUT2D eigenvalue weighted by atomic mass is 10.1. The molecule has 0 aliphatic heterocycles. The molecule has 0 saturated heterocycles. The second-order valence-electron chi connectivity index (χ2n) is 3.97. The molecule has 0 aliphatic rings. The number of carbonyl (C=O) groups excluding carboxylic acids is 1. The molecule has 0 amide bonds. The van der Waals surface area contributed by atoms with Gasteiger partial charge in [-0.15, -0.1) is 0 Å². The Morgan fingerprint density at radius 1 is 1.33 bits per heavy atom. The van der Waals surface area contributed by atoms with Gasteiger partial charge in [-0.2, -0.15) is 0 Å². The van der Waals surface area contributed by atoms with Gasteiger partial charge in [0.2, 0.25) is 0 Å². The van der Waals surface area contributed by atoms with Gasteiger partial charge in [0.15, 0.2) is 0 Å². The van der Waals surface area contributed by atoms with E-state index in [0.717, 1.165) is 12.8 Å². The Kier molecular flexibility index (Phi) is 11.6. The second kappa shape index (κ2) is 12.3. The number of aliphatic hydroxyl groups is 1. The topological polar surface area (TPSA) is 55.8 Å². The Morgan fingerprint density at radius 3 is 2.78 bits per heavy atom. The molecule has 0 fully saturated rings. The third kappa shape index (κ3) is 10.1. The van der Waals surface area contributed by atoms with Crippen LogP contribution in [0.2, 0.25) is 0 Å². The van der Waals surface area contributed by atoms with Crippen LogP contribution in [0.1, 0.15) is 33.1 Å². The van der Waals surface area contributed by atoms with Gasteiger partial charge in [0.1, 0.15) is 12.4 Å². The maximum absolute atomic E-state index is 10.0. The van der Waals surface area contributed by atoms with Crippen LogP contribution in [0.3, 0.4) is 0 Å². The predicted octanol–water partition coefficient (Wildman–Crippen LogP) is 2.23. The Hall–Kier alpha value is -1.13. The molecule has 2 unspecified atom stereocenters. The van der Waals surface area contributed by atoms with Gasteiger partial charge < -0.3 is 14.6 Å². The Bertz CT molecular complexity index is 248. The Morgan fingerprint density at radius 2 is 2.11 bits per heavy atom. The minimum absolute atomic E-state index is 0.318. The van der Waals surface area contributed by atoms with Gasteiger partial charge in [-0.3, -0.25) is 4.79 Å². The first-order chi connectivity index (χ1) is 8.72. The summed E-state index contributed by atoms with van der Waals surface area (Å²) in [6.07, 6.45) is 8.80. The lowest BCUT2D eigenvalue weighted by molar-refractivity contribution is -0.104. The fourth-order valence-electron chi connectivity index (χ4n) is 1.31. The van der Waals surface area contributed by atoms with Crippen molar-refractivity contribution in [2.75, 3.05) is 13.2 Å². The minimum Gasteiger partial charge on any atom is -0.496 e.